The molecular weight excluding hydrogens is 236 g/mol. The highest BCUT2D eigenvalue weighted by molar-refractivity contribution is 6.60. The molecule has 1 rings (SSSR count). The predicted molar refractivity (Wildman–Crippen MR) is 68.9 cm³/mol. The van der Waals surface area contributed by atoms with Crippen LogP contribution in [0.25, 0.3) is 0 Å². The maximum absolute atomic E-state index is 5.34. The van der Waals surface area contributed by atoms with Crippen LogP contribution in [0.3, 0.4) is 0 Å². The second-order valence-electron chi connectivity index (χ2n) is 3.54. The van der Waals surface area contributed by atoms with Gasteiger partial charge in [-0.15, -0.1) is 0 Å². The van der Waals surface area contributed by atoms with Gasteiger partial charge in [0.2, 0.25) is 0 Å². The van der Waals surface area contributed by atoms with Gasteiger partial charge < -0.3 is 18.6 Å². The molecule has 0 aliphatic heterocycles. The van der Waals surface area contributed by atoms with Crippen molar-refractivity contribution in [3.05, 3.63) is 24.4 Å². The van der Waals surface area contributed by atoms with Crippen molar-refractivity contribution in [2.24, 2.45) is 0 Å². The third kappa shape index (κ3) is 4.43. The van der Waals surface area contributed by atoms with Crippen molar-refractivity contribution in [2.75, 3.05) is 33.2 Å². The Morgan fingerprint density at radius 3 is 2.41 bits per heavy atom. The molecule has 5 nitrogen and oxygen atoms in total. The van der Waals surface area contributed by atoms with Crippen LogP contribution in [0.15, 0.2) is 24.4 Å². The maximum Gasteiger partial charge on any atom is 0.500 e. The Labute approximate surface area is 103 Å². The highest BCUT2D eigenvalue weighted by Crippen LogP contribution is 2.14. The van der Waals surface area contributed by atoms with Gasteiger partial charge in [0.25, 0.3) is 0 Å². The van der Waals surface area contributed by atoms with Gasteiger partial charge >= 0.3 is 8.80 Å². The van der Waals surface area contributed by atoms with Crippen molar-refractivity contribution < 1.29 is 13.3 Å². The van der Waals surface area contributed by atoms with Crippen molar-refractivity contribution in [1.29, 1.82) is 0 Å². The molecule has 0 saturated heterocycles. The first kappa shape index (κ1) is 14.1. The summed E-state index contributed by atoms with van der Waals surface area (Å²) in [5.74, 6) is 0.881. The average Bonchev–Trinajstić information content (AvgIpc) is 2.41. The van der Waals surface area contributed by atoms with Gasteiger partial charge in [-0.25, -0.2) is 4.98 Å². The summed E-state index contributed by atoms with van der Waals surface area (Å²) < 4.78 is 16.0. The lowest BCUT2D eigenvalue weighted by Gasteiger charge is -2.24. The number of pyridine rings is 1. The summed E-state index contributed by atoms with van der Waals surface area (Å²) in [6.45, 7) is 0.821. The molecule has 96 valence electrons. The van der Waals surface area contributed by atoms with Crippen LogP contribution in [-0.2, 0) is 13.3 Å². The third-order valence-electron chi connectivity index (χ3n) is 2.56. The fourth-order valence-corrected chi connectivity index (χ4v) is 3.27. The molecule has 1 aromatic rings. The second-order valence-corrected chi connectivity index (χ2v) is 6.63. The number of anilines is 1. The van der Waals surface area contributed by atoms with E-state index in [-0.39, 0.29) is 0 Å². The summed E-state index contributed by atoms with van der Waals surface area (Å²) >= 11 is 0. The van der Waals surface area contributed by atoms with Crippen molar-refractivity contribution in [3.63, 3.8) is 0 Å². The molecule has 0 atom stereocenters. The number of nitrogens with zero attached hydrogens (tertiary/aromatic N) is 1. The van der Waals surface area contributed by atoms with Crippen LogP contribution in [0.5, 0.6) is 0 Å². The van der Waals surface area contributed by atoms with Gasteiger partial charge in [0.05, 0.1) is 0 Å². The summed E-state index contributed by atoms with van der Waals surface area (Å²) in [7, 11) is 2.48. The third-order valence-corrected chi connectivity index (χ3v) is 5.40. The summed E-state index contributed by atoms with van der Waals surface area (Å²) in [6, 6.07) is 6.57. The van der Waals surface area contributed by atoms with Gasteiger partial charge in [-0.05, 0) is 18.6 Å². The molecule has 0 amide bonds. The van der Waals surface area contributed by atoms with Gasteiger partial charge in [0.1, 0.15) is 5.82 Å². The van der Waals surface area contributed by atoms with Gasteiger partial charge in [0.15, 0.2) is 0 Å². The van der Waals surface area contributed by atoms with E-state index in [1.807, 2.05) is 18.2 Å². The molecule has 0 fully saturated rings. The highest BCUT2D eigenvalue weighted by Gasteiger charge is 2.36. The van der Waals surface area contributed by atoms with Crippen LogP contribution >= 0.6 is 0 Å². The fraction of sp³-hybridized carbons (Fsp3) is 0.545. The Hall–Kier alpha value is -0.953. The van der Waals surface area contributed by atoms with Crippen molar-refractivity contribution in [2.45, 2.75) is 12.5 Å². The standard InChI is InChI=1S/C11H20N2O3Si/c1-14-17(15-2,16-3)10-6-9-13-11-7-4-5-8-12-11/h4-5,7-8H,6,9-10H2,1-3H3,(H,12,13). The molecule has 0 unspecified atom stereocenters. The molecule has 1 heterocycles. The second kappa shape index (κ2) is 7.39. The lowest BCUT2D eigenvalue weighted by molar-refractivity contribution is 0.123. The molecule has 17 heavy (non-hydrogen) atoms. The number of nitrogens with one attached hydrogen (secondary N) is 1. The van der Waals surface area contributed by atoms with Gasteiger partial charge in [-0.3, -0.25) is 0 Å². The molecule has 0 aromatic carbocycles. The normalized spacial score (nSPS) is 11.5. The summed E-state index contributed by atoms with van der Waals surface area (Å²) in [4.78, 5) is 4.18. The number of aromatic nitrogens is 1. The van der Waals surface area contributed by atoms with E-state index in [9.17, 15) is 0 Å². The predicted octanol–water partition coefficient (Wildman–Crippen LogP) is 1.76. The Bertz CT molecular complexity index is 299. The van der Waals surface area contributed by atoms with Crippen molar-refractivity contribution in [3.8, 4) is 0 Å². The number of rotatable bonds is 8. The molecule has 6 heteroatoms. The van der Waals surface area contributed by atoms with Crippen LogP contribution in [0.2, 0.25) is 6.04 Å². The number of hydrogen-bond acceptors (Lipinski definition) is 5. The first-order valence-corrected chi connectivity index (χ1v) is 7.50. The van der Waals surface area contributed by atoms with Gasteiger partial charge in [-0.2, -0.15) is 0 Å². The zero-order valence-corrected chi connectivity index (χ0v) is 11.6. The van der Waals surface area contributed by atoms with E-state index in [4.69, 9.17) is 13.3 Å². The molecule has 1 N–H and O–H groups in total. The summed E-state index contributed by atoms with van der Waals surface area (Å²) in [5.41, 5.74) is 0. The molecule has 0 aliphatic rings. The molecule has 0 spiro atoms. The molecule has 0 bridgehead atoms. The topological polar surface area (TPSA) is 52.6 Å². The monoisotopic (exact) mass is 256 g/mol. The van der Waals surface area contributed by atoms with E-state index in [1.54, 1.807) is 27.5 Å². The Morgan fingerprint density at radius 2 is 1.88 bits per heavy atom. The number of hydrogen-bond donors (Lipinski definition) is 1. The van der Waals surface area contributed by atoms with Gasteiger partial charge in [0, 0.05) is 40.1 Å². The van der Waals surface area contributed by atoms with E-state index in [0.29, 0.717) is 0 Å². The quantitative estimate of drug-likeness (QED) is 0.567. The molecule has 0 saturated carbocycles. The minimum Gasteiger partial charge on any atom is -0.377 e. The zero-order valence-electron chi connectivity index (χ0n) is 10.6. The van der Waals surface area contributed by atoms with Crippen LogP contribution in [0.4, 0.5) is 5.82 Å². The zero-order chi connectivity index (χ0) is 12.6. The lowest BCUT2D eigenvalue weighted by Crippen LogP contribution is -2.42. The Balaban J connectivity index is 2.28. The Kier molecular flexibility index (Phi) is 6.13. The van der Waals surface area contributed by atoms with E-state index >= 15 is 0 Å². The maximum atomic E-state index is 5.34. The van der Waals surface area contributed by atoms with Gasteiger partial charge in [-0.1, -0.05) is 6.07 Å². The van der Waals surface area contributed by atoms with Crippen molar-refractivity contribution in [1.82, 2.24) is 4.98 Å². The van der Waals surface area contributed by atoms with E-state index in [1.165, 1.54) is 0 Å². The molecule has 0 radical (unpaired) electrons. The first-order chi connectivity index (χ1) is 8.26. The molecule has 0 aliphatic carbocycles. The molecule has 1 aromatic heterocycles. The van der Waals surface area contributed by atoms with Crippen molar-refractivity contribution >= 4 is 14.6 Å². The minimum atomic E-state index is -2.42. The Morgan fingerprint density at radius 1 is 1.18 bits per heavy atom. The van der Waals surface area contributed by atoms with Crippen LogP contribution < -0.4 is 5.32 Å². The van der Waals surface area contributed by atoms with E-state index < -0.39 is 8.80 Å². The fourth-order valence-electron chi connectivity index (χ4n) is 1.54. The minimum absolute atomic E-state index is 0.788. The van der Waals surface area contributed by atoms with Crippen LogP contribution in [-0.4, -0.2) is 41.7 Å². The first-order valence-electron chi connectivity index (χ1n) is 5.56. The van der Waals surface area contributed by atoms with E-state index in [2.05, 4.69) is 10.3 Å². The van der Waals surface area contributed by atoms with E-state index in [0.717, 1.165) is 24.8 Å². The van der Waals surface area contributed by atoms with Crippen LogP contribution in [0, 0.1) is 0 Å². The average molecular weight is 256 g/mol. The highest BCUT2D eigenvalue weighted by atomic mass is 28.4. The lowest BCUT2D eigenvalue weighted by atomic mass is 10.4. The smallest absolute Gasteiger partial charge is 0.377 e. The molecular formula is C11H20N2O3Si. The SMILES string of the molecule is CO[Si](CCCNc1ccccn1)(OC)OC. The van der Waals surface area contributed by atoms with Crippen LogP contribution in [0.1, 0.15) is 6.42 Å². The summed E-state index contributed by atoms with van der Waals surface area (Å²) in [6.07, 6.45) is 2.68. The summed E-state index contributed by atoms with van der Waals surface area (Å²) in [5, 5.41) is 3.23. The largest absolute Gasteiger partial charge is 0.500 e.